The minimum absolute atomic E-state index is 0. The van der Waals surface area contributed by atoms with Gasteiger partial charge in [0.05, 0.1) is 6.61 Å². The van der Waals surface area contributed by atoms with E-state index in [4.69, 9.17) is 4.52 Å². The summed E-state index contributed by atoms with van der Waals surface area (Å²) in [7, 11) is -0.170. The van der Waals surface area contributed by atoms with E-state index in [-0.39, 0.29) is 39.7 Å². The van der Waals surface area contributed by atoms with Crippen LogP contribution in [0.2, 0.25) is 0 Å². The molecule has 0 atom stereocenters. The maximum absolute atomic E-state index is 10.1. The molecule has 0 rings (SSSR count). The molecule has 0 aliphatic heterocycles. The van der Waals surface area contributed by atoms with Gasteiger partial charge in [0.2, 0.25) is 0 Å². The molecule has 2 nitrogen and oxygen atoms in total. The average molecular weight is 369 g/mol. The molecule has 0 aliphatic rings. The average Bonchev–Trinajstić information content (AvgIpc) is 2.57. The van der Waals surface area contributed by atoms with Gasteiger partial charge in [0.25, 0.3) is 0 Å². The van der Waals surface area contributed by atoms with E-state index in [1.165, 1.54) is 109 Å². The van der Waals surface area contributed by atoms with Gasteiger partial charge in [-0.1, -0.05) is 116 Å². The molecule has 0 spiro atoms. The van der Waals surface area contributed by atoms with E-state index in [0.717, 1.165) is 6.42 Å². The van der Waals surface area contributed by atoms with Crippen molar-refractivity contribution < 1.29 is 40.1 Å². The second kappa shape index (κ2) is 26.3. The second-order valence-electron chi connectivity index (χ2n) is 6.92. The van der Waals surface area contributed by atoms with Crippen molar-refractivity contribution in [1.29, 1.82) is 0 Å². The van der Waals surface area contributed by atoms with E-state index >= 15 is 0 Å². The first kappa shape index (κ1) is 27.3. The van der Waals surface area contributed by atoms with Gasteiger partial charge >= 0.3 is 38.2 Å². The topological polar surface area (TPSA) is 26.3 Å². The monoisotopic (exact) mass is 368 g/mol. The molecule has 0 N–H and O–H groups in total. The van der Waals surface area contributed by atoms with Gasteiger partial charge in [-0.15, -0.1) is 0 Å². The number of hydrogen-bond donors (Lipinski definition) is 0. The minimum atomic E-state index is -0.170. The Morgan fingerprint density at radius 3 is 1.17 bits per heavy atom. The maximum Gasteiger partial charge on any atom is 1.00 e. The quantitative estimate of drug-likeness (QED) is 0.164. The van der Waals surface area contributed by atoms with Crippen molar-refractivity contribution in [2.75, 3.05) is 6.61 Å². The third-order valence-corrected chi connectivity index (χ3v) is 4.93. The molecule has 0 unspecified atom stereocenters. The SMILES string of the molecule is CCCCCCCCCCCCCCCCCCCCOP=O.[H-].[Na+]. The van der Waals surface area contributed by atoms with Crippen molar-refractivity contribution in [3.63, 3.8) is 0 Å². The first-order chi connectivity index (χ1) is 11.4. The van der Waals surface area contributed by atoms with E-state index in [0.29, 0.717) is 6.61 Å². The van der Waals surface area contributed by atoms with Crippen molar-refractivity contribution in [3.8, 4) is 0 Å². The summed E-state index contributed by atoms with van der Waals surface area (Å²) >= 11 is 0. The summed E-state index contributed by atoms with van der Waals surface area (Å²) in [5.41, 5.74) is 0. The van der Waals surface area contributed by atoms with Crippen LogP contribution in [0.4, 0.5) is 0 Å². The van der Waals surface area contributed by atoms with E-state index in [2.05, 4.69) is 6.92 Å². The van der Waals surface area contributed by atoms with E-state index in [9.17, 15) is 4.57 Å². The first-order valence-corrected chi connectivity index (χ1v) is 11.1. The molecule has 0 amide bonds. The molecule has 0 saturated heterocycles. The molecule has 0 fully saturated rings. The van der Waals surface area contributed by atoms with Gasteiger partial charge in [-0.2, -0.15) is 0 Å². The van der Waals surface area contributed by atoms with Crippen LogP contribution >= 0.6 is 8.69 Å². The largest absolute Gasteiger partial charge is 1.00 e. The Morgan fingerprint density at radius 1 is 0.583 bits per heavy atom. The number of rotatable bonds is 20. The second-order valence-corrected chi connectivity index (χ2v) is 7.33. The molecule has 0 aromatic carbocycles. The smallest absolute Gasteiger partial charge is 1.00 e. The summed E-state index contributed by atoms with van der Waals surface area (Å²) in [6.45, 7) is 2.93. The van der Waals surface area contributed by atoms with Crippen molar-refractivity contribution in [1.82, 2.24) is 0 Å². The molecule has 4 heteroatoms. The van der Waals surface area contributed by atoms with Crippen molar-refractivity contribution >= 4 is 8.69 Å². The van der Waals surface area contributed by atoms with Crippen LogP contribution < -0.4 is 29.6 Å². The fraction of sp³-hybridized carbons (Fsp3) is 1.00. The third kappa shape index (κ3) is 25.3. The van der Waals surface area contributed by atoms with Gasteiger partial charge in [-0.25, -0.2) is 4.57 Å². The Kier molecular flexibility index (Phi) is 29.9. The Hall–Kier alpha value is 1.06. The van der Waals surface area contributed by atoms with Crippen molar-refractivity contribution in [3.05, 3.63) is 0 Å². The van der Waals surface area contributed by atoms with Crippen LogP contribution in [0, 0.1) is 0 Å². The molecular weight excluding hydrogens is 326 g/mol. The van der Waals surface area contributed by atoms with Gasteiger partial charge in [-0.3, -0.25) is 4.52 Å². The Morgan fingerprint density at radius 2 is 0.875 bits per heavy atom. The Bertz CT molecular complexity index is 234. The summed E-state index contributed by atoms with van der Waals surface area (Å²) < 4.78 is 14.8. The normalized spacial score (nSPS) is 10.9. The van der Waals surface area contributed by atoms with Gasteiger partial charge in [0, 0.05) is 0 Å². The van der Waals surface area contributed by atoms with Crippen LogP contribution in [-0.4, -0.2) is 6.61 Å². The standard InChI is InChI=1S/C20H41O2P.Na.H/c1-2-3-4-5-6-7-8-9-10-11-12-13-14-15-16-17-18-19-20-22-23-21;;/h2-20H2,1H3;;/q;+1;-1. The minimum Gasteiger partial charge on any atom is -1.00 e. The first-order valence-electron chi connectivity index (χ1n) is 10.4. The van der Waals surface area contributed by atoms with Gasteiger partial charge in [-0.05, 0) is 6.42 Å². The molecular formula is C20H42NaO2P. The maximum atomic E-state index is 10.1. The zero-order valence-corrected chi connectivity index (χ0v) is 19.6. The van der Waals surface area contributed by atoms with Crippen LogP contribution in [0.3, 0.4) is 0 Å². The van der Waals surface area contributed by atoms with Crippen LogP contribution in [0.25, 0.3) is 0 Å². The summed E-state index contributed by atoms with van der Waals surface area (Å²) in [4.78, 5) is 0. The zero-order valence-electron chi connectivity index (χ0n) is 17.7. The van der Waals surface area contributed by atoms with E-state index < -0.39 is 0 Å². The molecule has 0 aliphatic carbocycles. The third-order valence-electron chi connectivity index (χ3n) is 4.64. The molecule has 24 heavy (non-hydrogen) atoms. The van der Waals surface area contributed by atoms with Gasteiger partial charge in [0.1, 0.15) is 0 Å². The molecule has 0 aromatic rings. The number of hydrogen-bond acceptors (Lipinski definition) is 2. The zero-order chi connectivity index (χ0) is 16.8. The van der Waals surface area contributed by atoms with Crippen molar-refractivity contribution in [2.45, 2.75) is 122 Å². The van der Waals surface area contributed by atoms with Gasteiger partial charge < -0.3 is 1.43 Å². The van der Waals surface area contributed by atoms with Crippen LogP contribution in [0.15, 0.2) is 0 Å². The predicted octanol–water partition coefficient (Wildman–Crippen LogP) is 5.37. The Labute approximate surface area is 177 Å². The van der Waals surface area contributed by atoms with E-state index in [1.54, 1.807) is 0 Å². The molecule has 0 bridgehead atoms. The molecule has 0 aromatic heterocycles. The fourth-order valence-electron chi connectivity index (χ4n) is 3.11. The summed E-state index contributed by atoms with van der Waals surface area (Å²) in [6, 6.07) is 0. The van der Waals surface area contributed by atoms with Crippen LogP contribution in [-0.2, 0) is 9.09 Å². The summed E-state index contributed by atoms with van der Waals surface area (Å²) in [5.74, 6) is 0. The summed E-state index contributed by atoms with van der Waals surface area (Å²) in [6.07, 6.45) is 25.0. The number of unbranched alkanes of at least 4 members (excludes halogenated alkanes) is 17. The van der Waals surface area contributed by atoms with E-state index in [1.807, 2.05) is 0 Å². The molecule has 0 radical (unpaired) electrons. The molecule has 0 saturated carbocycles. The fourth-order valence-corrected chi connectivity index (χ4v) is 3.31. The van der Waals surface area contributed by atoms with Crippen LogP contribution in [0.5, 0.6) is 0 Å². The predicted molar refractivity (Wildman–Crippen MR) is 103 cm³/mol. The Balaban J connectivity index is -0.00000242. The van der Waals surface area contributed by atoms with Crippen molar-refractivity contribution in [2.24, 2.45) is 0 Å². The van der Waals surface area contributed by atoms with Crippen LogP contribution in [0.1, 0.15) is 124 Å². The molecule has 140 valence electrons. The van der Waals surface area contributed by atoms with Gasteiger partial charge in [0.15, 0.2) is 0 Å². The molecule has 0 heterocycles. The summed E-state index contributed by atoms with van der Waals surface area (Å²) in [5, 5.41) is 0.